The van der Waals surface area contributed by atoms with Crippen LogP contribution in [-0.2, 0) is 16.8 Å². The number of rotatable bonds is 6. The van der Waals surface area contributed by atoms with Crippen LogP contribution in [0.2, 0.25) is 0 Å². The maximum Gasteiger partial charge on any atom is 0.328 e. The summed E-state index contributed by atoms with van der Waals surface area (Å²) in [5.74, 6) is 0.673. The molecule has 2 heterocycles. The lowest BCUT2D eigenvalue weighted by Gasteiger charge is -2.16. The summed E-state index contributed by atoms with van der Waals surface area (Å²) >= 11 is 1.29. The molecule has 140 valence electrons. The van der Waals surface area contributed by atoms with Crippen LogP contribution in [0.15, 0.2) is 45.3 Å². The number of aromatic amines is 1. The van der Waals surface area contributed by atoms with Crippen LogP contribution in [0.25, 0.3) is 10.2 Å². The van der Waals surface area contributed by atoms with Gasteiger partial charge in [-0.2, -0.15) is 0 Å². The topological polar surface area (TPSA) is 93.2 Å². The van der Waals surface area contributed by atoms with Gasteiger partial charge in [-0.15, -0.1) is 11.3 Å². The molecule has 0 saturated heterocycles. The normalized spacial score (nSPS) is 14.9. The SMILES string of the molecule is COc1ccc(C2(C(=O)NCCn3c(=O)[nH]c4ccsc4c3=O)CC2)cc1. The zero-order valence-electron chi connectivity index (χ0n) is 14.8. The second-order valence-corrected chi connectivity index (χ2v) is 7.53. The Morgan fingerprint density at radius 3 is 2.67 bits per heavy atom. The summed E-state index contributed by atoms with van der Waals surface area (Å²) in [5.41, 5.74) is 0.203. The molecule has 8 heteroatoms. The third-order valence-electron chi connectivity index (χ3n) is 5.04. The number of amides is 1. The highest BCUT2D eigenvalue weighted by Gasteiger charge is 2.51. The average Bonchev–Trinajstić information content (AvgIpc) is 3.36. The van der Waals surface area contributed by atoms with Crippen molar-refractivity contribution in [3.05, 3.63) is 62.1 Å². The highest BCUT2D eigenvalue weighted by Crippen LogP contribution is 2.48. The van der Waals surface area contributed by atoms with E-state index in [-0.39, 0.29) is 24.6 Å². The Hall–Kier alpha value is -2.87. The zero-order valence-corrected chi connectivity index (χ0v) is 15.6. The van der Waals surface area contributed by atoms with Gasteiger partial charge in [0.15, 0.2) is 0 Å². The van der Waals surface area contributed by atoms with Crippen molar-refractivity contribution in [3.8, 4) is 5.75 Å². The fraction of sp³-hybridized carbons (Fsp3) is 0.316. The van der Waals surface area contributed by atoms with E-state index in [2.05, 4.69) is 10.3 Å². The fourth-order valence-corrected chi connectivity index (χ4v) is 4.10. The van der Waals surface area contributed by atoms with Crippen LogP contribution >= 0.6 is 11.3 Å². The first-order chi connectivity index (χ1) is 13.0. The molecule has 3 aromatic rings. The summed E-state index contributed by atoms with van der Waals surface area (Å²) in [5, 5.41) is 4.64. The molecule has 1 aliphatic carbocycles. The van der Waals surface area contributed by atoms with Crippen molar-refractivity contribution >= 4 is 27.5 Å². The summed E-state index contributed by atoms with van der Waals surface area (Å²) < 4.78 is 6.80. The van der Waals surface area contributed by atoms with Crippen LogP contribution in [-0.4, -0.2) is 29.1 Å². The molecule has 27 heavy (non-hydrogen) atoms. The molecule has 0 bridgehead atoms. The van der Waals surface area contributed by atoms with E-state index < -0.39 is 11.1 Å². The van der Waals surface area contributed by atoms with Gasteiger partial charge < -0.3 is 15.0 Å². The molecule has 1 aromatic carbocycles. The monoisotopic (exact) mass is 385 g/mol. The fourth-order valence-electron chi connectivity index (χ4n) is 3.31. The predicted octanol–water partition coefficient (Wildman–Crippen LogP) is 1.61. The second kappa shape index (κ2) is 6.70. The molecule has 4 rings (SSSR count). The van der Waals surface area contributed by atoms with Gasteiger partial charge in [0, 0.05) is 13.1 Å². The molecule has 1 amide bonds. The lowest BCUT2D eigenvalue weighted by molar-refractivity contribution is -0.123. The van der Waals surface area contributed by atoms with E-state index in [9.17, 15) is 14.4 Å². The van der Waals surface area contributed by atoms with Crippen molar-refractivity contribution in [3.63, 3.8) is 0 Å². The Morgan fingerprint density at radius 2 is 2.00 bits per heavy atom. The van der Waals surface area contributed by atoms with E-state index in [1.54, 1.807) is 18.6 Å². The van der Waals surface area contributed by atoms with Crippen molar-refractivity contribution in [2.24, 2.45) is 0 Å². The van der Waals surface area contributed by atoms with E-state index >= 15 is 0 Å². The van der Waals surface area contributed by atoms with Crippen LogP contribution in [0.5, 0.6) is 5.75 Å². The quantitative estimate of drug-likeness (QED) is 0.674. The number of fused-ring (bicyclic) bond motifs is 1. The minimum Gasteiger partial charge on any atom is -0.497 e. The average molecular weight is 385 g/mol. The molecular formula is C19H19N3O4S. The van der Waals surface area contributed by atoms with Gasteiger partial charge in [0.05, 0.1) is 18.0 Å². The third-order valence-corrected chi connectivity index (χ3v) is 5.94. The first-order valence-corrected chi connectivity index (χ1v) is 9.56. The van der Waals surface area contributed by atoms with Gasteiger partial charge in [-0.25, -0.2) is 4.79 Å². The molecule has 7 nitrogen and oxygen atoms in total. The number of methoxy groups -OCH3 is 1. The standard InChI is InChI=1S/C19H19N3O4S/c1-26-13-4-2-12(3-5-13)19(7-8-19)17(24)20-9-10-22-16(23)15-14(6-11-27-15)21-18(22)25/h2-6,11H,7-10H2,1H3,(H,20,24)(H,21,25). The first-order valence-electron chi connectivity index (χ1n) is 8.68. The molecule has 0 unspecified atom stereocenters. The van der Waals surface area contributed by atoms with Crippen LogP contribution in [0.3, 0.4) is 0 Å². The summed E-state index contributed by atoms with van der Waals surface area (Å²) in [6.07, 6.45) is 1.57. The Morgan fingerprint density at radius 1 is 1.26 bits per heavy atom. The zero-order chi connectivity index (χ0) is 19.0. The number of benzene rings is 1. The Bertz CT molecular complexity index is 1110. The van der Waals surface area contributed by atoms with Gasteiger partial charge in [-0.05, 0) is 42.0 Å². The van der Waals surface area contributed by atoms with Gasteiger partial charge in [0.25, 0.3) is 5.56 Å². The molecule has 1 aliphatic rings. The molecule has 0 atom stereocenters. The first kappa shape index (κ1) is 17.5. The smallest absolute Gasteiger partial charge is 0.328 e. The summed E-state index contributed by atoms with van der Waals surface area (Å²) in [6.45, 7) is 0.350. The van der Waals surface area contributed by atoms with Crippen molar-refractivity contribution in [2.75, 3.05) is 13.7 Å². The maximum atomic E-state index is 12.7. The van der Waals surface area contributed by atoms with Gasteiger partial charge in [0.1, 0.15) is 10.4 Å². The van der Waals surface area contributed by atoms with Crippen LogP contribution in [0.1, 0.15) is 18.4 Å². The number of ether oxygens (including phenoxy) is 1. The highest BCUT2D eigenvalue weighted by atomic mass is 32.1. The number of hydrogen-bond acceptors (Lipinski definition) is 5. The minimum atomic E-state index is -0.513. The number of carbonyl (C=O) groups excluding carboxylic acids is 1. The predicted molar refractivity (Wildman–Crippen MR) is 104 cm³/mol. The van der Waals surface area contributed by atoms with Crippen LogP contribution < -0.4 is 21.3 Å². The lowest BCUT2D eigenvalue weighted by atomic mass is 9.95. The number of H-pyrrole nitrogens is 1. The summed E-state index contributed by atoms with van der Waals surface area (Å²) in [7, 11) is 1.60. The van der Waals surface area contributed by atoms with E-state index in [1.807, 2.05) is 24.3 Å². The maximum absolute atomic E-state index is 12.7. The number of aromatic nitrogens is 2. The third kappa shape index (κ3) is 3.06. The number of nitrogens with one attached hydrogen (secondary N) is 2. The summed E-state index contributed by atoms with van der Waals surface area (Å²) in [6, 6.07) is 9.22. The molecule has 0 aliphatic heterocycles. The molecule has 1 saturated carbocycles. The highest BCUT2D eigenvalue weighted by molar-refractivity contribution is 7.17. The van der Waals surface area contributed by atoms with E-state index in [0.717, 1.165) is 28.7 Å². The van der Waals surface area contributed by atoms with Crippen molar-refractivity contribution < 1.29 is 9.53 Å². The lowest BCUT2D eigenvalue weighted by Crippen LogP contribution is -2.41. The van der Waals surface area contributed by atoms with Gasteiger partial charge in [-0.3, -0.25) is 14.2 Å². The molecule has 0 spiro atoms. The van der Waals surface area contributed by atoms with Gasteiger partial charge >= 0.3 is 5.69 Å². The van der Waals surface area contributed by atoms with Gasteiger partial charge in [-0.1, -0.05) is 12.1 Å². The molecular weight excluding hydrogens is 366 g/mol. The van der Waals surface area contributed by atoms with Crippen molar-refractivity contribution in [2.45, 2.75) is 24.8 Å². The Balaban J connectivity index is 1.45. The molecule has 1 fully saturated rings. The molecule has 0 radical (unpaired) electrons. The van der Waals surface area contributed by atoms with E-state index in [0.29, 0.717) is 10.2 Å². The van der Waals surface area contributed by atoms with Crippen molar-refractivity contribution in [1.29, 1.82) is 0 Å². The Kier molecular flexibility index (Phi) is 4.35. The molecule has 2 N–H and O–H groups in total. The molecule has 2 aromatic heterocycles. The van der Waals surface area contributed by atoms with E-state index in [4.69, 9.17) is 4.74 Å². The number of thiophene rings is 1. The largest absolute Gasteiger partial charge is 0.497 e. The second-order valence-electron chi connectivity index (χ2n) is 6.62. The minimum absolute atomic E-state index is 0.0747. The number of nitrogens with zero attached hydrogens (tertiary/aromatic N) is 1. The summed E-state index contributed by atoms with van der Waals surface area (Å²) in [4.78, 5) is 39.9. The Labute approximate surface area is 158 Å². The van der Waals surface area contributed by atoms with Gasteiger partial charge in [0.2, 0.25) is 5.91 Å². The van der Waals surface area contributed by atoms with Crippen LogP contribution in [0, 0.1) is 0 Å². The van der Waals surface area contributed by atoms with Crippen LogP contribution in [0.4, 0.5) is 0 Å². The van der Waals surface area contributed by atoms with Crippen molar-refractivity contribution in [1.82, 2.24) is 14.9 Å². The number of hydrogen-bond donors (Lipinski definition) is 2. The number of carbonyl (C=O) groups is 1. The van der Waals surface area contributed by atoms with E-state index in [1.165, 1.54) is 11.3 Å².